The smallest absolute Gasteiger partial charge is 0.405 e. The molecule has 0 aromatic carbocycles. The van der Waals surface area contributed by atoms with E-state index in [1.54, 1.807) is 12.2 Å². The second-order valence-corrected chi connectivity index (χ2v) is 3.38. The third kappa shape index (κ3) is 9.10. The predicted octanol–water partition coefficient (Wildman–Crippen LogP) is 0.959. The van der Waals surface area contributed by atoms with Crippen LogP contribution in [-0.4, -0.2) is 36.4 Å². The molecular formula is C8H13F3N2O3. The topological polar surface area (TPSA) is 78.4 Å². The number of amides is 2. The fourth-order valence-corrected chi connectivity index (χ4v) is 0.880. The zero-order valence-electron chi connectivity index (χ0n) is 8.60. The molecule has 1 atom stereocenters. The Hall–Kier alpha value is -1.47. The highest BCUT2D eigenvalue weighted by molar-refractivity contribution is 5.74. The molecular weight excluding hydrogens is 229 g/mol. The summed E-state index contributed by atoms with van der Waals surface area (Å²) in [6.45, 7) is 0.167. The van der Waals surface area contributed by atoms with Gasteiger partial charge in [0.15, 0.2) is 0 Å². The summed E-state index contributed by atoms with van der Waals surface area (Å²) in [7, 11) is 0. The number of rotatable bonds is 5. The number of carboxylic acid groups (broad SMARTS) is 1. The van der Waals surface area contributed by atoms with Crippen molar-refractivity contribution < 1.29 is 27.9 Å². The summed E-state index contributed by atoms with van der Waals surface area (Å²) in [4.78, 5) is 21.0. The lowest BCUT2D eigenvalue weighted by molar-refractivity contribution is -0.137. The summed E-state index contributed by atoms with van der Waals surface area (Å²) in [6.07, 6.45) is -4.61. The van der Waals surface area contributed by atoms with E-state index >= 15 is 0 Å². The highest BCUT2D eigenvalue weighted by atomic mass is 19.4. The summed E-state index contributed by atoms with van der Waals surface area (Å²) in [6, 6.07) is -0.963. The van der Waals surface area contributed by atoms with Gasteiger partial charge in [0.2, 0.25) is 0 Å². The first-order chi connectivity index (χ1) is 7.20. The van der Waals surface area contributed by atoms with Crippen LogP contribution in [0.2, 0.25) is 0 Å². The standard InChI is InChI=1S/C8H13F3N2O3/c1-5(2-6(14)15)3-12-7(16)13-4-8(9,10)11/h5H,2-4H2,1H3,(H,14,15)(H2,12,13,16). The maximum absolute atomic E-state index is 11.7. The summed E-state index contributed by atoms with van der Waals surface area (Å²) in [5.74, 6) is -1.36. The second kappa shape index (κ2) is 6.19. The largest absolute Gasteiger partial charge is 0.481 e. The van der Waals surface area contributed by atoms with Crippen LogP contribution in [0.15, 0.2) is 0 Å². The van der Waals surface area contributed by atoms with Gasteiger partial charge < -0.3 is 15.7 Å². The van der Waals surface area contributed by atoms with Crippen LogP contribution in [0.25, 0.3) is 0 Å². The molecule has 0 spiro atoms. The monoisotopic (exact) mass is 242 g/mol. The molecule has 0 aliphatic heterocycles. The van der Waals surface area contributed by atoms with Crippen molar-refractivity contribution in [2.24, 2.45) is 5.92 Å². The van der Waals surface area contributed by atoms with Crippen LogP contribution in [0.5, 0.6) is 0 Å². The van der Waals surface area contributed by atoms with Gasteiger partial charge in [0, 0.05) is 13.0 Å². The highest BCUT2D eigenvalue weighted by Crippen LogP contribution is 2.11. The molecule has 0 aromatic rings. The Balaban J connectivity index is 3.69. The third-order valence-corrected chi connectivity index (χ3v) is 1.58. The predicted molar refractivity (Wildman–Crippen MR) is 48.9 cm³/mol. The number of carbonyl (C=O) groups is 2. The first-order valence-corrected chi connectivity index (χ1v) is 4.51. The number of carboxylic acids is 1. The molecule has 8 heteroatoms. The molecule has 0 aliphatic carbocycles. The number of nitrogens with one attached hydrogen (secondary N) is 2. The van der Waals surface area contributed by atoms with E-state index in [0.717, 1.165) is 0 Å². The number of hydrogen-bond acceptors (Lipinski definition) is 2. The summed E-state index contributed by atoms with van der Waals surface area (Å²) in [5.41, 5.74) is 0. The average molecular weight is 242 g/mol. The molecule has 94 valence electrons. The fourth-order valence-electron chi connectivity index (χ4n) is 0.880. The minimum atomic E-state index is -4.45. The van der Waals surface area contributed by atoms with Gasteiger partial charge in [0.1, 0.15) is 6.54 Å². The maximum atomic E-state index is 11.7. The number of halogens is 3. The Morgan fingerprint density at radius 3 is 2.31 bits per heavy atom. The minimum absolute atomic E-state index is 0.00991. The molecule has 0 fully saturated rings. The van der Waals surface area contributed by atoms with Crippen LogP contribution in [0.3, 0.4) is 0 Å². The zero-order valence-corrected chi connectivity index (χ0v) is 8.60. The van der Waals surface area contributed by atoms with Crippen LogP contribution in [0, 0.1) is 5.92 Å². The van der Waals surface area contributed by atoms with Crippen molar-refractivity contribution in [2.45, 2.75) is 19.5 Å². The van der Waals surface area contributed by atoms with Crippen molar-refractivity contribution >= 4 is 12.0 Å². The molecule has 0 heterocycles. The number of carbonyl (C=O) groups excluding carboxylic acids is 1. The van der Waals surface area contributed by atoms with Crippen molar-refractivity contribution in [2.75, 3.05) is 13.1 Å². The molecule has 0 aliphatic rings. The van der Waals surface area contributed by atoms with Gasteiger partial charge in [0.25, 0.3) is 0 Å². The zero-order chi connectivity index (χ0) is 12.8. The molecule has 0 radical (unpaired) electrons. The maximum Gasteiger partial charge on any atom is 0.405 e. The van der Waals surface area contributed by atoms with Gasteiger partial charge in [-0.2, -0.15) is 13.2 Å². The van der Waals surface area contributed by atoms with Gasteiger partial charge in [-0.05, 0) is 5.92 Å². The van der Waals surface area contributed by atoms with Crippen LogP contribution in [-0.2, 0) is 4.79 Å². The molecule has 0 rings (SSSR count). The summed E-state index contributed by atoms with van der Waals surface area (Å²) in [5, 5.41) is 12.1. The van der Waals surface area contributed by atoms with E-state index in [9.17, 15) is 22.8 Å². The molecule has 0 bridgehead atoms. The summed E-state index contributed by atoms with van der Waals surface area (Å²) < 4.78 is 35.0. The molecule has 0 saturated carbocycles. The lowest BCUT2D eigenvalue weighted by Crippen LogP contribution is -2.42. The molecule has 3 N–H and O–H groups in total. The van der Waals surface area contributed by atoms with Crippen molar-refractivity contribution in [1.82, 2.24) is 10.6 Å². The van der Waals surface area contributed by atoms with Gasteiger partial charge in [-0.25, -0.2) is 4.79 Å². The third-order valence-electron chi connectivity index (χ3n) is 1.58. The Labute approximate surface area is 90.0 Å². The fraction of sp³-hybridized carbons (Fsp3) is 0.750. The van der Waals surface area contributed by atoms with Gasteiger partial charge in [-0.3, -0.25) is 4.79 Å². The number of urea groups is 1. The van der Waals surface area contributed by atoms with Gasteiger partial charge in [-0.15, -0.1) is 0 Å². The molecule has 0 aromatic heterocycles. The van der Waals surface area contributed by atoms with Crippen LogP contribution >= 0.6 is 0 Å². The van der Waals surface area contributed by atoms with E-state index in [1.807, 2.05) is 0 Å². The first kappa shape index (κ1) is 14.5. The summed E-state index contributed by atoms with van der Waals surface area (Å²) >= 11 is 0. The van der Waals surface area contributed by atoms with Gasteiger partial charge >= 0.3 is 18.2 Å². The van der Waals surface area contributed by atoms with E-state index in [4.69, 9.17) is 5.11 Å². The molecule has 1 unspecified atom stereocenters. The van der Waals surface area contributed by atoms with Crippen molar-refractivity contribution in [1.29, 1.82) is 0 Å². The van der Waals surface area contributed by atoms with E-state index in [-0.39, 0.29) is 18.9 Å². The van der Waals surface area contributed by atoms with E-state index in [0.29, 0.717) is 0 Å². The van der Waals surface area contributed by atoms with Crippen molar-refractivity contribution in [3.8, 4) is 0 Å². The minimum Gasteiger partial charge on any atom is -0.481 e. The quantitative estimate of drug-likeness (QED) is 0.671. The van der Waals surface area contributed by atoms with Gasteiger partial charge in [0.05, 0.1) is 0 Å². The Morgan fingerprint density at radius 1 is 1.31 bits per heavy atom. The van der Waals surface area contributed by atoms with E-state index < -0.39 is 24.7 Å². The van der Waals surface area contributed by atoms with Crippen molar-refractivity contribution in [3.63, 3.8) is 0 Å². The lowest BCUT2D eigenvalue weighted by atomic mass is 10.1. The van der Waals surface area contributed by atoms with Crippen LogP contribution < -0.4 is 10.6 Å². The van der Waals surface area contributed by atoms with Crippen LogP contribution in [0.4, 0.5) is 18.0 Å². The SMILES string of the molecule is CC(CNC(=O)NCC(F)(F)F)CC(=O)O. The van der Waals surface area contributed by atoms with Gasteiger partial charge in [-0.1, -0.05) is 6.92 Å². The number of alkyl halides is 3. The highest BCUT2D eigenvalue weighted by Gasteiger charge is 2.27. The Morgan fingerprint density at radius 2 is 1.88 bits per heavy atom. The van der Waals surface area contributed by atoms with Crippen molar-refractivity contribution in [3.05, 3.63) is 0 Å². The Kier molecular flexibility index (Phi) is 5.62. The average Bonchev–Trinajstić information content (AvgIpc) is 2.09. The van der Waals surface area contributed by atoms with E-state index in [2.05, 4.69) is 5.32 Å². The van der Waals surface area contributed by atoms with E-state index in [1.165, 1.54) is 0 Å². The lowest BCUT2D eigenvalue weighted by Gasteiger charge is -2.12. The normalized spacial score (nSPS) is 13.0. The Bertz CT molecular complexity index is 255. The molecule has 5 nitrogen and oxygen atoms in total. The first-order valence-electron chi connectivity index (χ1n) is 4.51. The number of aliphatic carboxylic acids is 1. The molecule has 16 heavy (non-hydrogen) atoms. The molecule has 2 amide bonds. The second-order valence-electron chi connectivity index (χ2n) is 3.38. The number of hydrogen-bond donors (Lipinski definition) is 3. The van der Waals surface area contributed by atoms with Crippen LogP contribution in [0.1, 0.15) is 13.3 Å². The molecule has 0 saturated heterocycles.